The minimum absolute atomic E-state index is 0.0645. The molecular weight excluding hydrogens is 372 g/mol. The summed E-state index contributed by atoms with van der Waals surface area (Å²) in [4.78, 5) is 12.1. The van der Waals surface area contributed by atoms with Crippen molar-refractivity contribution in [3.8, 4) is 0 Å². The molecule has 8 unspecified atom stereocenters. The lowest BCUT2D eigenvalue weighted by Crippen LogP contribution is -2.66. The SMILES string of the molecule is CC12CCC(=O)C=C1CCC1C2C(O)CC2(C)C1CCC21OCOC12COCO2. The van der Waals surface area contributed by atoms with E-state index in [4.69, 9.17) is 18.9 Å². The van der Waals surface area contributed by atoms with Crippen LogP contribution in [0.4, 0.5) is 0 Å². The monoisotopic (exact) mass is 404 g/mol. The summed E-state index contributed by atoms with van der Waals surface area (Å²) in [6, 6.07) is 0. The molecule has 2 heterocycles. The van der Waals surface area contributed by atoms with E-state index in [0.717, 1.165) is 32.1 Å². The van der Waals surface area contributed by atoms with Crippen LogP contribution in [-0.4, -0.2) is 48.6 Å². The largest absolute Gasteiger partial charge is 0.393 e. The van der Waals surface area contributed by atoms with Crippen LogP contribution in [0.25, 0.3) is 0 Å². The lowest BCUT2D eigenvalue weighted by molar-refractivity contribution is -0.257. The minimum Gasteiger partial charge on any atom is -0.393 e. The summed E-state index contributed by atoms with van der Waals surface area (Å²) in [7, 11) is 0. The van der Waals surface area contributed by atoms with E-state index >= 15 is 0 Å². The van der Waals surface area contributed by atoms with Crippen LogP contribution < -0.4 is 0 Å². The first-order valence-corrected chi connectivity index (χ1v) is 11.3. The highest BCUT2D eigenvalue weighted by atomic mass is 16.9. The van der Waals surface area contributed by atoms with Crippen molar-refractivity contribution < 1.29 is 28.8 Å². The number of allylic oxidation sites excluding steroid dienone is 1. The van der Waals surface area contributed by atoms with Gasteiger partial charge < -0.3 is 24.1 Å². The molecule has 5 fully saturated rings. The Kier molecular flexibility index (Phi) is 3.86. The number of aliphatic hydroxyl groups excluding tert-OH is 1. The molecule has 0 radical (unpaired) electrons. The van der Waals surface area contributed by atoms with Gasteiger partial charge in [-0.3, -0.25) is 4.79 Å². The third kappa shape index (κ3) is 2.13. The van der Waals surface area contributed by atoms with Crippen molar-refractivity contribution >= 4 is 5.78 Å². The molecule has 6 rings (SSSR count). The molecule has 2 aliphatic heterocycles. The maximum absolute atomic E-state index is 12.1. The Balaban J connectivity index is 1.41. The van der Waals surface area contributed by atoms with E-state index in [0.29, 0.717) is 31.3 Å². The summed E-state index contributed by atoms with van der Waals surface area (Å²) in [6.45, 7) is 5.44. The molecule has 6 heteroatoms. The molecule has 0 aromatic heterocycles. The standard InChI is InChI=1S/C23H32O6/c1-20-7-5-15(24)9-14(20)3-4-16-17-6-8-22(21(17,2)10-18(25)19(16)20)23(29-13-27-22)11-26-12-28-23/h9,16-19,25H,3-8,10-13H2,1-2H3. The van der Waals surface area contributed by atoms with E-state index in [1.807, 2.05) is 6.08 Å². The second-order valence-corrected chi connectivity index (χ2v) is 10.7. The molecule has 160 valence electrons. The zero-order chi connectivity index (χ0) is 20.1. The number of hydrogen-bond donors (Lipinski definition) is 1. The van der Waals surface area contributed by atoms with Gasteiger partial charge in [-0.1, -0.05) is 19.4 Å². The van der Waals surface area contributed by atoms with Crippen LogP contribution in [-0.2, 0) is 23.7 Å². The second kappa shape index (κ2) is 5.92. The lowest BCUT2D eigenvalue weighted by atomic mass is 9.45. The van der Waals surface area contributed by atoms with Gasteiger partial charge in [-0.2, -0.15) is 0 Å². The first kappa shape index (κ1) is 18.9. The first-order valence-electron chi connectivity index (χ1n) is 11.3. The molecule has 2 spiro atoms. The van der Waals surface area contributed by atoms with Gasteiger partial charge in [0.15, 0.2) is 19.4 Å². The van der Waals surface area contributed by atoms with Crippen LogP contribution in [0.3, 0.4) is 0 Å². The Morgan fingerprint density at radius 1 is 1.07 bits per heavy atom. The summed E-state index contributed by atoms with van der Waals surface area (Å²) in [5.41, 5.74) is 0.423. The Morgan fingerprint density at radius 2 is 1.90 bits per heavy atom. The van der Waals surface area contributed by atoms with Crippen molar-refractivity contribution in [1.82, 2.24) is 0 Å². The summed E-state index contributed by atoms with van der Waals surface area (Å²) in [5, 5.41) is 11.6. The third-order valence-electron chi connectivity index (χ3n) is 9.90. The van der Waals surface area contributed by atoms with Crippen LogP contribution in [0, 0.1) is 28.6 Å². The molecule has 0 bridgehead atoms. The second-order valence-electron chi connectivity index (χ2n) is 10.7. The number of ketones is 1. The van der Waals surface area contributed by atoms with E-state index in [9.17, 15) is 9.90 Å². The van der Waals surface area contributed by atoms with Crippen molar-refractivity contribution in [2.24, 2.45) is 28.6 Å². The molecule has 0 amide bonds. The molecule has 29 heavy (non-hydrogen) atoms. The zero-order valence-corrected chi connectivity index (χ0v) is 17.4. The van der Waals surface area contributed by atoms with Gasteiger partial charge in [0.25, 0.3) is 0 Å². The lowest BCUT2D eigenvalue weighted by Gasteiger charge is -2.61. The molecule has 0 aromatic carbocycles. The number of carbonyl (C=O) groups excluding carboxylic acids is 1. The van der Waals surface area contributed by atoms with Crippen LogP contribution in [0.15, 0.2) is 11.6 Å². The average Bonchev–Trinajstić information content (AvgIpc) is 3.37. The van der Waals surface area contributed by atoms with Crippen molar-refractivity contribution in [3.05, 3.63) is 11.6 Å². The maximum Gasteiger partial charge on any atom is 0.226 e. The number of aliphatic hydroxyl groups is 1. The van der Waals surface area contributed by atoms with Gasteiger partial charge in [0.05, 0.1) is 6.10 Å². The van der Waals surface area contributed by atoms with Crippen LogP contribution in [0.2, 0.25) is 0 Å². The fourth-order valence-corrected chi connectivity index (χ4v) is 8.66. The van der Waals surface area contributed by atoms with Gasteiger partial charge in [0.1, 0.15) is 12.2 Å². The normalized spacial score (nSPS) is 56.4. The average molecular weight is 405 g/mol. The number of carbonyl (C=O) groups is 1. The summed E-state index contributed by atoms with van der Waals surface area (Å²) < 4.78 is 24.1. The molecule has 3 saturated carbocycles. The number of fused-ring (bicyclic) bond motifs is 7. The van der Waals surface area contributed by atoms with Gasteiger partial charge in [0, 0.05) is 11.8 Å². The molecule has 8 atom stereocenters. The topological polar surface area (TPSA) is 74.2 Å². The Morgan fingerprint density at radius 3 is 2.69 bits per heavy atom. The highest BCUT2D eigenvalue weighted by Gasteiger charge is 2.76. The number of rotatable bonds is 0. The molecule has 0 aromatic rings. The van der Waals surface area contributed by atoms with Crippen LogP contribution in [0.1, 0.15) is 58.8 Å². The molecule has 6 aliphatic rings. The zero-order valence-electron chi connectivity index (χ0n) is 17.4. The van der Waals surface area contributed by atoms with Crippen molar-refractivity contribution in [2.45, 2.75) is 76.3 Å². The maximum atomic E-state index is 12.1. The van der Waals surface area contributed by atoms with E-state index in [1.54, 1.807) is 0 Å². The van der Waals surface area contributed by atoms with Gasteiger partial charge in [-0.15, -0.1) is 0 Å². The fraction of sp³-hybridized carbons (Fsp3) is 0.870. The highest BCUT2D eigenvalue weighted by Crippen LogP contribution is 2.71. The predicted molar refractivity (Wildman–Crippen MR) is 103 cm³/mol. The molecule has 1 N–H and O–H groups in total. The van der Waals surface area contributed by atoms with Gasteiger partial charge in [-0.05, 0) is 67.8 Å². The van der Waals surface area contributed by atoms with Crippen LogP contribution >= 0.6 is 0 Å². The van der Waals surface area contributed by atoms with Gasteiger partial charge in [-0.25, -0.2) is 0 Å². The Hall–Kier alpha value is -0.790. The first-order chi connectivity index (χ1) is 13.9. The summed E-state index contributed by atoms with van der Waals surface area (Å²) in [5.74, 6) is 0.506. The van der Waals surface area contributed by atoms with Crippen LogP contribution in [0.5, 0.6) is 0 Å². The molecule has 6 nitrogen and oxygen atoms in total. The van der Waals surface area contributed by atoms with Crippen molar-refractivity contribution in [1.29, 1.82) is 0 Å². The third-order valence-corrected chi connectivity index (χ3v) is 9.90. The molecule has 4 aliphatic carbocycles. The number of hydrogen-bond acceptors (Lipinski definition) is 6. The highest BCUT2D eigenvalue weighted by molar-refractivity contribution is 5.91. The molecular formula is C23H32O6. The van der Waals surface area contributed by atoms with E-state index in [-0.39, 0.29) is 36.1 Å². The summed E-state index contributed by atoms with van der Waals surface area (Å²) >= 11 is 0. The Labute approximate surface area is 171 Å². The molecule has 2 saturated heterocycles. The minimum atomic E-state index is -0.843. The number of ether oxygens (including phenoxy) is 4. The van der Waals surface area contributed by atoms with E-state index in [1.165, 1.54) is 5.57 Å². The summed E-state index contributed by atoms with van der Waals surface area (Å²) in [6.07, 6.45) is 7.58. The fourth-order valence-electron chi connectivity index (χ4n) is 8.66. The quantitative estimate of drug-likeness (QED) is 0.669. The Bertz CT molecular complexity index is 766. The van der Waals surface area contributed by atoms with E-state index in [2.05, 4.69) is 13.8 Å². The van der Waals surface area contributed by atoms with Gasteiger partial charge in [0.2, 0.25) is 5.79 Å². The van der Waals surface area contributed by atoms with E-state index < -0.39 is 17.5 Å². The van der Waals surface area contributed by atoms with Gasteiger partial charge >= 0.3 is 0 Å². The smallest absolute Gasteiger partial charge is 0.226 e. The van der Waals surface area contributed by atoms with Crippen molar-refractivity contribution in [3.63, 3.8) is 0 Å². The van der Waals surface area contributed by atoms with Crippen molar-refractivity contribution in [2.75, 3.05) is 20.2 Å². The predicted octanol–water partition coefficient (Wildman–Crippen LogP) is 2.93.